The Balaban J connectivity index is 2.06. The second-order valence-corrected chi connectivity index (χ2v) is 5.13. The first-order valence-corrected chi connectivity index (χ1v) is 7.28. The fourth-order valence-electron chi connectivity index (χ4n) is 3.04. The van der Waals surface area contributed by atoms with Crippen LogP contribution >= 0.6 is 0 Å². The summed E-state index contributed by atoms with van der Waals surface area (Å²) in [6, 6.07) is 0.525. The molecule has 0 unspecified atom stereocenters. The molecule has 0 spiro atoms. The predicted octanol–water partition coefficient (Wildman–Crippen LogP) is 2.79. The average Bonchev–Trinajstić information content (AvgIpc) is 3.09. The second-order valence-electron chi connectivity index (χ2n) is 5.13. The van der Waals surface area contributed by atoms with Crippen LogP contribution in [0.3, 0.4) is 0 Å². The summed E-state index contributed by atoms with van der Waals surface area (Å²) >= 11 is 0. The van der Waals surface area contributed by atoms with Crippen molar-refractivity contribution in [3.63, 3.8) is 0 Å². The van der Waals surface area contributed by atoms with Gasteiger partial charge in [0.25, 0.3) is 0 Å². The molecule has 1 saturated carbocycles. The van der Waals surface area contributed by atoms with Crippen LogP contribution in [0.1, 0.15) is 45.6 Å². The molecule has 0 saturated heterocycles. The molecule has 0 aliphatic heterocycles. The van der Waals surface area contributed by atoms with Crippen molar-refractivity contribution in [2.45, 2.75) is 45.6 Å². The third-order valence-corrected chi connectivity index (χ3v) is 4.10. The van der Waals surface area contributed by atoms with Crippen molar-refractivity contribution in [1.29, 1.82) is 0 Å². The Morgan fingerprint density at radius 3 is 2.63 bits per heavy atom. The SMILES string of the molecule is CCN(CC)c1ncnc2c1cnn2C1CCCC1. The molecular weight excluding hydrogens is 238 g/mol. The van der Waals surface area contributed by atoms with Crippen LogP contribution in [0.2, 0.25) is 0 Å². The minimum absolute atomic E-state index is 0.525. The van der Waals surface area contributed by atoms with E-state index in [1.165, 1.54) is 25.7 Å². The van der Waals surface area contributed by atoms with Crippen LogP contribution in [0, 0.1) is 0 Å². The summed E-state index contributed by atoms with van der Waals surface area (Å²) in [7, 11) is 0. The molecule has 1 fully saturated rings. The standard InChI is InChI=1S/C14H21N5/c1-3-18(4-2)13-12-9-17-19(11-7-5-6-8-11)14(12)16-10-15-13/h9-11H,3-8H2,1-2H3. The summed E-state index contributed by atoms with van der Waals surface area (Å²) in [6.45, 7) is 6.21. The van der Waals surface area contributed by atoms with Crippen molar-refractivity contribution in [2.75, 3.05) is 18.0 Å². The van der Waals surface area contributed by atoms with E-state index in [1.54, 1.807) is 6.33 Å². The average molecular weight is 259 g/mol. The first-order chi connectivity index (χ1) is 9.35. The first kappa shape index (κ1) is 12.4. The number of hydrogen-bond donors (Lipinski definition) is 0. The highest BCUT2D eigenvalue weighted by Gasteiger charge is 2.21. The topological polar surface area (TPSA) is 46.8 Å². The van der Waals surface area contributed by atoms with Gasteiger partial charge in [0, 0.05) is 13.1 Å². The van der Waals surface area contributed by atoms with Crippen molar-refractivity contribution < 1.29 is 0 Å². The van der Waals surface area contributed by atoms with E-state index in [-0.39, 0.29) is 0 Å². The van der Waals surface area contributed by atoms with Gasteiger partial charge in [0.2, 0.25) is 0 Å². The Hall–Kier alpha value is -1.65. The summed E-state index contributed by atoms with van der Waals surface area (Å²) in [4.78, 5) is 11.2. The van der Waals surface area contributed by atoms with Gasteiger partial charge in [-0.1, -0.05) is 12.8 Å². The Kier molecular flexibility index (Phi) is 3.36. The van der Waals surface area contributed by atoms with E-state index in [0.29, 0.717) is 6.04 Å². The van der Waals surface area contributed by atoms with Gasteiger partial charge in [0.05, 0.1) is 17.6 Å². The van der Waals surface area contributed by atoms with Crippen molar-refractivity contribution in [1.82, 2.24) is 19.7 Å². The molecule has 5 heteroatoms. The smallest absolute Gasteiger partial charge is 0.163 e. The number of fused-ring (bicyclic) bond motifs is 1. The van der Waals surface area contributed by atoms with E-state index in [1.807, 2.05) is 6.20 Å². The van der Waals surface area contributed by atoms with Crippen LogP contribution in [-0.2, 0) is 0 Å². The van der Waals surface area contributed by atoms with E-state index < -0.39 is 0 Å². The minimum Gasteiger partial charge on any atom is -0.356 e. The van der Waals surface area contributed by atoms with E-state index in [4.69, 9.17) is 0 Å². The normalized spacial score (nSPS) is 16.3. The van der Waals surface area contributed by atoms with Crippen LogP contribution in [0.4, 0.5) is 5.82 Å². The molecule has 1 aliphatic carbocycles. The van der Waals surface area contributed by atoms with Gasteiger partial charge in [-0.25, -0.2) is 14.6 Å². The van der Waals surface area contributed by atoms with E-state index >= 15 is 0 Å². The van der Waals surface area contributed by atoms with Crippen molar-refractivity contribution in [3.8, 4) is 0 Å². The zero-order valence-electron chi connectivity index (χ0n) is 11.7. The lowest BCUT2D eigenvalue weighted by Crippen LogP contribution is -2.23. The van der Waals surface area contributed by atoms with Gasteiger partial charge in [-0.2, -0.15) is 5.10 Å². The van der Waals surface area contributed by atoms with Gasteiger partial charge >= 0.3 is 0 Å². The molecule has 0 bridgehead atoms. The lowest BCUT2D eigenvalue weighted by Gasteiger charge is -2.20. The molecule has 19 heavy (non-hydrogen) atoms. The van der Waals surface area contributed by atoms with Crippen LogP contribution in [0.15, 0.2) is 12.5 Å². The molecule has 0 amide bonds. The molecule has 0 aromatic carbocycles. The van der Waals surface area contributed by atoms with Gasteiger partial charge in [-0.05, 0) is 26.7 Å². The Morgan fingerprint density at radius 1 is 1.21 bits per heavy atom. The van der Waals surface area contributed by atoms with Gasteiger partial charge in [0.15, 0.2) is 5.65 Å². The maximum atomic E-state index is 4.58. The van der Waals surface area contributed by atoms with Crippen molar-refractivity contribution >= 4 is 16.9 Å². The number of aromatic nitrogens is 4. The summed E-state index contributed by atoms with van der Waals surface area (Å²) in [6.07, 6.45) is 8.66. The molecule has 0 atom stereocenters. The maximum Gasteiger partial charge on any atom is 0.163 e. The third kappa shape index (κ3) is 2.07. The third-order valence-electron chi connectivity index (χ3n) is 4.10. The van der Waals surface area contributed by atoms with Crippen LogP contribution in [-0.4, -0.2) is 32.8 Å². The highest BCUT2D eigenvalue weighted by Crippen LogP contribution is 2.32. The minimum atomic E-state index is 0.525. The van der Waals surface area contributed by atoms with Gasteiger partial charge in [-0.15, -0.1) is 0 Å². The predicted molar refractivity (Wildman–Crippen MR) is 76.4 cm³/mol. The van der Waals surface area contributed by atoms with E-state index in [9.17, 15) is 0 Å². The van der Waals surface area contributed by atoms with Crippen molar-refractivity contribution in [3.05, 3.63) is 12.5 Å². The van der Waals surface area contributed by atoms with Crippen LogP contribution in [0.5, 0.6) is 0 Å². The molecule has 102 valence electrons. The largest absolute Gasteiger partial charge is 0.356 e. The summed E-state index contributed by atoms with van der Waals surface area (Å²) in [5.74, 6) is 1.01. The first-order valence-electron chi connectivity index (χ1n) is 7.28. The monoisotopic (exact) mass is 259 g/mol. The van der Waals surface area contributed by atoms with Gasteiger partial charge in [-0.3, -0.25) is 0 Å². The maximum absolute atomic E-state index is 4.58. The summed E-state index contributed by atoms with van der Waals surface area (Å²) in [5, 5.41) is 5.66. The number of hydrogen-bond acceptors (Lipinski definition) is 4. The molecule has 2 aromatic rings. The Labute approximate surface area is 113 Å². The molecular formula is C14H21N5. The molecule has 0 N–H and O–H groups in total. The molecule has 1 aliphatic rings. The van der Waals surface area contributed by atoms with Crippen LogP contribution < -0.4 is 4.90 Å². The zero-order valence-corrected chi connectivity index (χ0v) is 11.7. The zero-order chi connectivity index (χ0) is 13.2. The van der Waals surface area contributed by atoms with Crippen LogP contribution in [0.25, 0.3) is 11.0 Å². The molecule has 5 nitrogen and oxygen atoms in total. The molecule has 2 heterocycles. The number of rotatable bonds is 4. The van der Waals surface area contributed by atoms with Gasteiger partial charge < -0.3 is 4.90 Å². The molecule has 2 aromatic heterocycles. The summed E-state index contributed by atoms with van der Waals surface area (Å²) < 4.78 is 2.11. The van der Waals surface area contributed by atoms with Gasteiger partial charge in [0.1, 0.15) is 12.1 Å². The second kappa shape index (κ2) is 5.15. The Morgan fingerprint density at radius 2 is 1.95 bits per heavy atom. The van der Waals surface area contributed by atoms with E-state index in [2.05, 4.69) is 38.5 Å². The highest BCUT2D eigenvalue weighted by atomic mass is 15.3. The molecule has 3 rings (SSSR count). The summed E-state index contributed by atoms with van der Waals surface area (Å²) in [5.41, 5.74) is 0.990. The fourth-order valence-corrected chi connectivity index (χ4v) is 3.04. The lowest BCUT2D eigenvalue weighted by atomic mass is 10.2. The number of anilines is 1. The lowest BCUT2D eigenvalue weighted by molar-refractivity contribution is 0.478. The number of nitrogens with zero attached hydrogens (tertiary/aromatic N) is 5. The quantitative estimate of drug-likeness (QED) is 0.847. The Bertz CT molecular complexity index is 552. The highest BCUT2D eigenvalue weighted by molar-refractivity contribution is 5.86. The fraction of sp³-hybridized carbons (Fsp3) is 0.643. The van der Waals surface area contributed by atoms with Crippen molar-refractivity contribution in [2.24, 2.45) is 0 Å². The molecule has 0 radical (unpaired) electrons. The van der Waals surface area contributed by atoms with E-state index in [0.717, 1.165) is 29.9 Å².